The highest BCUT2D eigenvalue weighted by molar-refractivity contribution is 5.90. The first kappa shape index (κ1) is 15.1. The Bertz CT molecular complexity index is 784. The Morgan fingerprint density at radius 2 is 2.00 bits per heavy atom. The third-order valence-electron chi connectivity index (χ3n) is 3.02. The van der Waals surface area contributed by atoms with Crippen molar-refractivity contribution in [1.82, 2.24) is 4.98 Å². The average molecular weight is 303 g/mol. The second-order valence-electron chi connectivity index (χ2n) is 4.50. The average Bonchev–Trinajstić information content (AvgIpc) is 2.44. The fourth-order valence-electron chi connectivity index (χ4n) is 2.08. The molecule has 0 radical (unpaired) electrons. The molecule has 1 aromatic heterocycles. The van der Waals surface area contributed by atoms with Crippen molar-refractivity contribution in [1.29, 1.82) is 0 Å². The molecule has 0 aliphatic rings. The Balaban J connectivity index is 2.55. The molecule has 1 aromatic carbocycles. The van der Waals surface area contributed by atoms with Crippen LogP contribution in [0.5, 0.6) is 5.75 Å². The molecule has 0 aliphatic heterocycles. The monoisotopic (exact) mass is 303 g/mol. The van der Waals surface area contributed by atoms with Crippen molar-refractivity contribution in [2.24, 2.45) is 5.73 Å². The number of nitrogens with one attached hydrogen (secondary N) is 2. The van der Waals surface area contributed by atoms with Crippen LogP contribution in [-0.4, -0.2) is 27.2 Å². The van der Waals surface area contributed by atoms with Gasteiger partial charge in [0.15, 0.2) is 5.43 Å². The lowest BCUT2D eigenvalue weighted by molar-refractivity contribution is -0.137. The lowest BCUT2D eigenvalue weighted by Gasteiger charge is -2.14. The van der Waals surface area contributed by atoms with E-state index in [0.29, 0.717) is 0 Å². The molecule has 22 heavy (non-hydrogen) atoms. The van der Waals surface area contributed by atoms with Crippen LogP contribution in [0.4, 0.5) is 10.5 Å². The number of H-pyrrole nitrogens is 1. The zero-order valence-electron chi connectivity index (χ0n) is 11.2. The summed E-state index contributed by atoms with van der Waals surface area (Å²) in [6.07, 6.45) is 2.69. The van der Waals surface area contributed by atoms with E-state index >= 15 is 0 Å². The fraction of sp³-hybridized carbons (Fsp3) is 0.0714. The molecule has 2 aromatic rings. The number of aromatic hydroxyl groups is 1. The zero-order valence-corrected chi connectivity index (χ0v) is 11.2. The molecule has 0 bridgehead atoms. The summed E-state index contributed by atoms with van der Waals surface area (Å²) in [5.74, 6) is -2.76. The Morgan fingerprint density at radius 3 is 2.59 bits per heavy atom. The number of aromatic nitrogens is 1. The maximum Gasteiger partial charge on any atom is 0.316 e. The van der Waals surface area contributed by atoms with E-state index in [1.54, 1.807) is 0 Å². The van der Waals surface area contributed by atoms with Gasteiger partial charge in [0, 0.05) is 24.0 Å². The molecule has 8 heteroatoms. The van der Waals surface area contributed by atoms with Crippen LogP contribution < -0.4 is 16.5 Å². The molecule has 2 rings (SSSR count). The van der Waals surface area contributed by atoms with Gasteiger partial charge in [-0.2, -0.15) is 0 Å². The number of carboxylic acids is 1. The molecule has 114 valence electrons. The van der Waals surface area contributed by atoms with Crippen LogP contribution in [0.25, 0.3) is 0 Å². The molecule has 0 aliphatic carbocycles. The van der Waals surface area contributed by atoms with Gasteiger partial charge in [-0.15, -0.1) is 0 Å². The number of carboxylic acid groups (broad SMARTS) is 1. The zero-order chi connectivity index (χ0) is 16.3. The highest BCUT2D eigenvalue weighted by Crippen LogP contribution is 2.30. The molecule has 1 unspecified atom stereocenters. The van der Waals surface area contributed by atoms with Crippen LogP contribution in [-0.2, 0) is 4.79 Å². The van der Waals surface area contributed by atoms with E-state index in [1.165, 1.54) is 36.7 Å². The number of aliphatic carboxylic acids is 1. The number of pyridine rings is 1. The van der Waals surface area contributed by atoms with Crippen LogP contribution >= 0.6 is 0 Å². The summed E-state index contributed by atoms with van der Waals surface area (Å²) in [6.45, 7) is 0. The number of benzene rings is 1. The van der Waals surface area contributed by atoms with E-state index in [0.717, 1.165) is 0 Å². The maximum absolute atomic E-state index is 11.8. The van der Waals surface area contributed by atoms with Crippen LogP contribution in [0.15, 0.2) is 41.5 Å². The molecule has 6 N–H and O–H groups in total. The van der Waals surface area contributed by atoms with Gasteiger partial charge < -0.3 is 26.2 Å². The first-order chi connectivity index (χ1) is 10.4. The van der Waals surface area contributed by atoms with Crippen molar-refractivity contribution in [2.75, 3.05) is 5.32 Å². The van der Waals surface area contributed by atoms with Crippen molar-refractivity contribution in [3.63, 3.8) is 0 Å². The maximum atomic E-state index is 11.8. The molecule has 0 spiro atoms. The van der Waals surface area contributed by atoms with Crippen molar-refractivity contribution in [3.05, 3.63) is 58.0 Å². The lowest BCUT2D eigenvalue weighted by Crippen LogP contribution is -2.22. The summed E-state index contributed by atoms with van der Waals surface area (Å²) in [5, 5.41) is 21.2. The van der Waals surface area contributed by atoms with Gasteiger partial charge >= 0.3 is 12.0 Å². The smallest absolute Gasteiger partial charge is 0.316 e. The number of anilines is 1. The molecule has 2 amide bonds. The van der Waals surface area contributed by atoms with Gasteiger partial charge in [-0.1, -0.05) is 6.07 Å². The highest BCUT2D eigenvalue weighted by atomic mass is 16.4. The second kappa shape index (κ2) is 6.00. The first-order valence-electron chi connectivity index (χ1n) is 6.19. The fourth-order valence-corrected chi connectivity index (χ4v) is 2.08. The van der Waals surface area contributed by atoms with E-state index in [4.69, 9.17) is 5.73 Å². The number of aromatic amines is 1. The van der Waals surface area contributed by atoms with Gasteiger partial charge in [0.05, 0.1) is 5.69 Å². The van der Waals surface area contributed by atoms with Crippen molar-refractivity contribution in [3.8, 4) is 5.75 Å². The summed E-state index contributed by atoms with van der Waals surface area (Å²) < 4.78 is 0. The van der Waals surface area contributed by atoms with Crippen molar-refractivity contribution >= 4 is 17.7 Å². The number of nitrogens with two attached hydrogens (primary N) is 1. The molecule has 8 nitrogen and oxygen atoms in total. The minimum absolute atomic E-state index is 0.0331. The van der Waals surface area contributed by atoms with E-state index < -0.39 is 23.3 Å². The Kier molecular flexibility index (Phi) is 4.12. The summed E-state index contributed by atoms with van der Waals surface area (Å²) in [4.78, 5) is 36.9. The predicted octanol–water partition coefficient (Wildman–Crippen LogP) is 0.788. The third-order valence-corrected chi connectivity index (χ3v) is 3.02. The lowest BCUT2D eigenvalue weighted by atomic mass is 9.92. The number of carbonyl (C=O) groups is 2. The number of hydrogen-bond donors (Lipinski definition) is 5. The van der Waals surface area contributed by atoms with E-state index in [-0.39, 0.29) is 22.6 Å². The molecule has 0 saturated carbocycles. The summed E-state index contributed by atoms with van der Waals surface area (Å²) in [7, 11) is 0. The minimum atomic E-state index is -1.25. The van der Waals surface area contributed by atoms with Crippen molar-refractivity contribution in [2.45, 2.75) is 5.92 Å². The number of phenols is 1. The Labute approximate surface area is 124 Å². The van der Waals surface area contributed by atoms with Gasteiger partial charge in [-0.05, 0) is 17.7 Å². The topological polar surface area (TPSA) is 146 Å². The Hall–Kier alpha value is -3.29. The Morgan fingerprint density at radius 1 is 1.27 bits per heavy atom. The van der Waals surface area contributed by atoms with Gasteiger partial charge in [-0.25, -0.2) is 4.79 Å². The van der Waals surface area contributed by atoms with Crippen molar-refractivity contribution < 1.29 is 19.8 Å². The van der Waals surface area contributed by atoms with Gasteiger partial charge in [0.1, 0.15) is 11.7 Å². The van der Waals surface area contributed by atoms with E-state index in [2.05, 4.69) is 10.3 Å². The van der Waals surface area contributed by atoms with Gasteiger partial charge in [-0.3, -0.25) is 9.59 Å². The van der Waals surface area contributed by atoms with E-state index in [9.17, 15) is 24.6 Å². The number of primary amides is 1. The number of carbonyl (C=O) groups excluding carboxylic acids is 1. The van der Waals surface area contributed by atoms with Crippen LogP contribution in [0.1, 0.15) is 17.0 Å². The minimum Gasteiger partial charge on any atom is -0.506 e. The van der Waals surface area contributed by atoms with Crippen LogP contribution in [0.2, 0.25) is 0 Å². The molecule has 1 atom stereocenters. The number of urea groups is 1. The highest BCUT2D eigenvalue weighted by Gasteiger charge is 2.25. The molecular weight excluding hydrogens is 290 g/mol. The predicted molar refractivity (Wildman–Crippen MR) is 77.9 cm³/mol. The van der Waals surface area contributed by atoms with Crippen LogP contribution in [0, 0.1) is 0 Å². The molecular formula is C14H13N3O5. The quantitative estimate of drug-likeness (QED) is 0.530. The molecule has 0 fully saturated rings. The first-order valence-corrected chi connectivity index (χ1v) is 6.19. The SMILES string of the molecule is NC(=O)Nc1cc(C(C(=O)O)c2c[nH]ccc2=O)ccc1O. The number of hydrogen-bond acceptors (Lipinski definition) is 4. The third kappa shape index (κ3) is 3.06. The molecule has 0 saturated heterocycles. The molecule has 1 heterocycles. The second-order valence-corrected chi connectivity index (χ2v) is 4.50. The summed E-state index contributed by atoms with van der Waals surface area (Å²) in [5.41, 5.74) is 4.75. The van der Waals surface area contributed by atoms with Crippen LogP contribution in [0.3, 0.4) is 0 Å². The summed E-state index contributed by atoms with van der Waals surface area (Å²) >= 11 is 0. The standard InChI is InChI=1S/C14H13N3O5/c15-14(22)17-9-5-7(1-2-11(9)19)12(13(20)21)8-6-16-4-3-10(8)18/h1-6,12,19H,(H,16,18)(H,20,21)(H3,15,17,22). The van der Waals surface area contributed by atoms with E-state index in [1.807, 2.05) is 0 Å². The van der Waals surface area contributed by atoms with Gasteiger partial charge in [0.2, 0.25) is 0 Å². The number of phenolic OH excluding ortho intramolecular Hbond substituents is 1. The summed E-state index contributed by atoms with van der Waals surface area (Å²) in [6, 6.07) is 4.14. The number of rotatable bonds is 4. The normalized spacial score (nSPS) is 11.6. The number of amides is 2. The van der Waals surface area contributed by atoms with Gasteiger partial charge in [0.25, 0.3) is 0 Å². The largest absolute Gasteiger partial charge is 0.506 e.